The Labute approximate surface area is 117 Å². The summed E-state index contributed by atoms with van der Waals surface area (Å²) in [6, 6.07) is 14.2. The lowest BCUT2D eigenvalue weighted by molar-refractivity contribution is 0.290. The summed E-state index contributed by atoms with van der Waals surface area (Å²) in [6.45, 7) is 2.07. The van der Waals surface area contributed by atoms with Crippen LogP contribution in [0.1, 0.15) is 30.6 Å². The highest BCUT2D eigenvalue weighted by Crippen LogP contribution is 2.60. The zero-order valence-electron chi connectivity index (χ0n) is 10.6. The standard InChI is InChI=1S/C16H14ClFO/c1-2-16(11-7-9-12(18)10-8-11)15(19-16)13-5-3-4-6-14(13)17/h3-10,15H,2H2,1H3/t15-,16-/m1/s1. The molecule has 1 aliphatic heterocycles. The molecule has 2 aromatic rings. The Morgan fingerprint density at radius 3 is 2.47 bits per heavy atom. The molecule has 0 saturated carbocycles. The molecule has 1 nitrogen and oxygen atoms in total. The summed E-state index contributed by atoms with van der Waals surface area (Å²) >= 11 is 6.22. The topological polar surface area (TPSA) is 12.5 Å². The maximum atomic E-state index is 13.0. The first-order valence-electron chi connectivity index (χ1n) is 6.35. The van der Waals surface area contributed by atoms with Gasteiger partial charge in [0.2, 0.25) is 0 Å². The molecule has 3 heteroatoms. The molecule has 19 heavy (non-hydrogen) atoms. The van der Waals surface area contributed by atoms with Gasteiger partial charge >= 0.3 is 0 Å². The van der Waals surface area contributed by atoms with Gasteiger partial charge in [-0.1, -0.05) is 48.9 Å². The highest BCUT2D eigenvalue weighted by Gasteiger charge is 2.57. The predicted octanol–water partition coefficient (Wildman–Crippen LogP) is 4.86. The van der Waals surface area contributed by atoms with Crippen molar-refractivity contribution in [3.8, 4) is 0 Å². The van der Waals surface area contributed by atoms with Crippen LogP contribution in [0.25, 0.3) is 0 Å². The third-order valence-electron chi connectivity index (χ3n) is 3.74. The molecule has 3 rings (SSSR count). The van der Waals surface area contributed by atoms with Crippen LogP contribution in [-0.4, -0.2) is 0 Å². The van der Waals surface area contributed by atoms with Gasteiger partial charge in [0.05, 0.1) is 0 Å². The average Bonchev–Trinajstić information content (AvgIpc) is 3.16. The van der Waals surface area contributed by atoms with Gasteiger partial charge in [0.15, 0.2) is 0 Å². The number of hydrogen-bond donors (Lipinski definition) is 0. The maximum Gasteiger partial charge on any atom is 0.124 e. The first-order chi connectivity index (χ1) is 9.17. The summed E-state index contributed by atoms with van der Waals surface area (Å²) in [4.78, 5) is 0. The fourth-order valence-corrected chi connectivity index (χ4v) is 2.84. The van der Waals surface area contributed by atoms with Crippen LogP contribution in [0.4, 0.5) is 4.39 Å². The number of ether oxygens (including phenoxy) is 1. The number of halogens is 2. The fraction of sp³-hybridized carbons (Fsp3) is 0.250. The Balaban J connectivity index is 1.96. The van der Waals surface area contributed by atoms with E-state index in [2.05, 4.69) is 6.92 Å². The summed E-state index contributed by atoms with van der Waals surface area (Å²) in [5, 5.41) is 0.713. The lowest BCUT2D eigenvalue weighted by Gasteiger charge is -2.11. The summed E-state index contributed by atoms with van der Waals surface area (Å²) in [5.74, 6) is -0.232. The van der Waals surface area contributed by atoms with Crippen molar-refractivity contribution in [2.45, 2.75) is 25.0 Å². The molecule has 0 N–H and O–H groups in total. The van der Waals surface area contributed by atoms with Gasteiger partial charge in [0, 0.05) is 10.6 Å². The minimum Gasteiger partial charge on any atom is -0.356 e. The lowest BCUT2D eigenvalue weighted by Crippen LogP contribution is -2.08. The molecule has 0 unspecified atom stereocenters. The van der Waals surface area contributed by atoms with Gasteiger partial charge in [-0.15, -0.1) is 0 Å². The highest BCUT2D eigenvalue weighted by atomic mass is 35.5. The third kappa shape index (κ3) is 2.05. The smallest absolute Gasteiger partial charge is 0.124 e. The van der Waals surface area contributed by atoms with Crippen molar-refractivity contribution in [2.24, 2.45) is 0 Å². The van der Waals surface area contributed by atoms with Crippen molar-refractivity contribution < 1.29 is 9.13 Å². The van der Waals surface area contributed by atoms with Crippen LogP contribution in [-0.2, 0) is 10.3 Å². The van der Waals surface area contributed by atoms with E-state index in [1.807, 2.05) is 24.3 Å². The Morgan fingerprint density at radius 2 is 1.84 bits per heavy atom. The first kappa shape index (κ1) is 12.6. The molecule has 98 valence electrons. The van der Waals surface area contributed by atoms with Crippen molar-refractivity contribution in [2.75, 3.05) is 0 Å². The second kappa shape index (κ2) is 4.62. The van der Waals surface area contributed by atoms with E-state index in [1.165, 1.54) is 12.1 Å². The van der Waals surface area contributed by atoms with E-state index in [4.69, 9.17) is 16.3 Å². The largest absolute Gasteiger partial charge is 0.356 e. The molecule has 1 saturated heterocycles. The Hall–Kier alpha value is -1.38. The van der Waals surface area contributed by atoms with Crippen LogP contribution in [0.15, 0.2) is 48.5 Å². The number of hydrogen-bond acceptors (Lipinski definition) is 1. The van der Waals surface area contributed by atoms with Crippen LogP contribution in [0, 0.1) is 5.82 Å². The molecule has 0 radical (unpaired) electrons. The van der Waals surface area contributed by atoms with E-state index in [-0.39, 0.29) is 17.5 Å². The Bertz CT molecular complexity index is 596. The second-order valence-electron chi connectivity index (χ2n) is 4.77. The summed E-state index contributed by atoms with van der Waals surface area (Å²) in [6.07, 6.45) is 0.783. The molecule has 0 bridgehead atoms. The van der Waals surface area contributed by atoms with E-state index in [0.717, 1.165) is 17.5 Å². The van der Waals surface area contributed by atoms with Crippen molar-refractivity contribution >= 4 is 11.6 Å². The third-order valence-corrected chi connectivity index (χ3v) is 4.08. The molecule has 0 aromatic heterocycles. The zero-order chi connectivity index (χ0) is 13.5. The summed E-state index contributed by atoms with van der Waals surface area (Å²) < 4.78 is 19.0. The van der Waals surface area contributed by atoms with Gasteiger partial charge < -0.3 is 4.74 Å². The molecule has 1 heterocycles. The maximum absolute atomic E-state index is 13.0. The van der Waals surface area contributed by atoms with Gasteiger partial charge in [-0.2, -0.15) is 0 Å². The molecular weight excluding hydrogens is 263 g/mol. The summed E-state index contributed by atoms with van der Waals surface area (Å²) in [7, 11) is 0. The highest BCUT2D eigenvalue weighted by molar-refractivity contribution is 6.31. The monoisotopic (exact) mass is 276 g/mol. The second-order valence-corrected chi connectivity index (χ2v) is 5.18. The van der Waals surface area contributed by atoms with Gasteiger partial charge in [-0.3, -0.25) is 0 Å². The minimum absolute atomic E-state index is 0.0448. The first-order valence-corrected chi connectivity index (χ1v) is 6.73. The summed E-state index contributed by atoms with van der Waals surface area (Å²) in [5.41, 5.74) is 1.63. The van der Waals surface area contributed by atoms with Crippen molar-refractivity contribution in [3.05, 3.63) is 70.5 Å². The molecule has 0 spiro atoms. The predicted molar refractivity (Wildman–Crippen MR) is 73.6 cm³/mol. The van der Waals surface area contributed by atoms with E-state index in [0.29, 0.717) is 5.02 Å². The molecule has 1 aliphatic rings. The van der Waals surface area contributed by atoms with Crippen LogP contribution < -0.4 is 0 Å². The average molecular weight is 277 g/mol. The molecular formula is C16H14ClFO. The van der Waals surface area contributed by atoms with Gasteiger partial charge in [0.1, 0.15) is 17.5 Å². The molecule has 1 fully saturated rings. The Kier molecular flexibility index (Phi) is 3.08. The van der Waals surface area contributed by atoms with Gasteiger partial charge in [0.25, 0.3) is 0 Å². The van der Waals surface area contributed by atoms with Crippen molar-refractivity contribution in [1.29, 1.82) is 0 Å². The zero-order valence-corrected chi connectivity index (χ0v) is 11.3. The number of epoxide rings is 1. The van der Waals surface area contributed by atoms with Gasteiger partial charge in [-0.05, 0) is 30.2 Å². The lowest BCUT2D eigenvalue weighted by atomic mass is 9.89. The van der Waals surface area contributed by atoms with Crippen molar-refractivity contribution in [1.82, 2.24) is 0 Å². The van der Waals surface area contributed by atoms with E-state index in [1.54, 1.807) is 12.1 Å². The number of benzene rings is 2. The minimum atomic E-state index is -0.362. The SMILES string of the molecule is CC[C@]1(c2ccc(F)cc2)O[C@@H]1c1ccccc1Cl. The molecule has 0 aliphatic carbocycles. The van der Waals surface area contributed by atoms with Gasteiger partial charge in [-0.25, -0.2) is 4.39 Å². The van der Waals surface area contributed by atoms with E-state index >= 15 is 0 Å². The van der Waals surface area contributed by atoms with E-state index in [9.17, 15) is 4.39 Å². The molecule has 0 amide bonds. The molecule has 2 aromatic carbocycles. The van der Waals surface area contributed by atoms with Crippen LogP contribution >= 0.6 is 11.6 Å². The van der Waals surface area contributed by atoms with Crippen LogP contribution in [0.5, 0.6) is 0 Å². The van der Waals surface area contributed by atoms with Crippen LogP contribution in [0.3, 0.4) is 0 Å². The normalized spacial score (nSPS) is 25.3. The van der Waals surface area contributed by atoms with Crippen molar-refractivity contribution in [3.63, 3.8) is 0 Å². The number of rotatable bonds is 3. The van der Waals surface area contributed by atoms with E-state index < -0.39 is 0 Å². The fourth-order valence-electron chi connectivity index (χ4n) is 2.60. The molecule has 2 atom stereocenters. The van der Waals surface area contributed by atoms with Crippen LogP contribution in [0.2, 0.25) is 5.02 Å². The quantitative estimate of drug-likeness (QED) is 0.730. The Morgan fingerprint density at radius 1 is 1.16 bits per heavy atom.